The van der Waals surface area contributed by atoms with Crippen molar-refractivity contribution in [1.82, 2.24) is 4.98 Å². The Morgan fingerprint density at radius 3 is 2.94 bits per heavy atom. The van der Waals surface area contributed by atoms with Crippen LogP contribution in [0.5, 0.6) is 0 Å². The largest absolute Gasteiger partial charge is 0.384 e. The molecule has 0 fully saturated rings. The maximum absolute atomic E-state index is 7.48. The lowest BCUT2D eigenvalue weighted by atomic mass is 10.2. The molecule has 0 radical (unpaired) electrons. The third-order valence-corrected chi connectivity index (χ3v) is 3.22. The summed E-state index contributed by atoms with van der Waals surface area (Å²) in [6.45, 7) is 0.924. The maximum Gasteiger partial charge on any atom is 0.133 e. The Bertz CT molecular complexity index is 606. The van der Waals surface area contributed by atoms with Gasteiger partial charge in [-0.3, -0.25) is 5.41 Å². The molecule has 4 nitrogen and oxygen atoms in total. The summed E-state index contributed by atoms with van der Waals surface area (Å²) in [7, 11) is 0. The average Bonchev–Trinajstić information content (AvgIpc) is 2.82. The van der Waals surface area contributed by atoms with E-state index in [1.807, 2.05) is 12.1 Å². The summed E-state index contributed by atoms with van der Waals surface area (Å²) in [6, 6.07) is 12.0. The fourth-order valence-corrected chi connectivity index (χ4v) is 2.31. The average molecular weight is 238 g/mol. The molecule has 1 aromatic carbocycles. The number of rotatable bonds is 2. The molecule has 0 spiro atoms. The molecule has 1 aromatic heterocycles. The highest BCUT2D eigenvalue weighted by molar-refractivity contribution is 5.95. The number of nitrogens with two attached hydrogens (primary N) is 1. The van der Waals surface area contributed by atoms with Crippen LogP contribution in [0.2, 0.25) is 0 Å². The topological polar surface area (TPSA) is 66.0 Å². The van der Waals surface area contributed by atoms with Gasteiger partial charge in [-0.15, -0.1) is 0 Å². The van der Waals surface area contributed by atoms with Crippen molar-refractivity contribution in [3.05, 3.63) is 53.7 Å². The van der Waals surface area contributed by atoms with Crippen molar-refractivity contribution in [3.8, 4) is 0 Å². The Hall–Kier alpha value is -2.36. The van der Waals surface area contributed by atoms with Gasteiger partial charge < -0.3 is 10.6 Å². The monoisotopic (exact) mass is 238 g/mol. The van der Waals surface area contributed by atoms with E-state index in [0.29, 0.717) is 5.56 Å². The molecule has 0 bridgehead atoms. The van der Waals surface area contributed by atoms with Gasteiger partial charge >= 0.3 is 0 Å². The van der Waals surface area contributed by atoms with Gasteiger partial charge in [0, 0.05) is 24.0 Å². The lowest BCUT2D eigenvalue weighted by Crippen LogP contribution is -2.17. The molecule has 0 aliphatic carbocycles. The molecule has 0 unspecified atom stereocenters. The number of anilines is 2. The normalized spacial score (nSPS) is 13.4. The Morgan fingerprint density at radius 1 is 1.28 bits per heavy atom. The number of pyridine rings is 1. The second-order valence-electron chi connectivity index (χ2n) is 4.35. The fraction of sp³-hybridized carbons (Fsp3) is 0.143. The number of nitrogens with one attached hydrogen (secondary N) is 1. The Balaban J connectivity index is 2.02. The molecule has 0 amide bonds. The third-order valence-electron chi connectivity index (χ3n) is 3.22. The summed E-state index contributed by atoms with van der Waals surface area (Å²) in [5.74, 6) is 0.929. The quantitative estimate of drug-likeness (QED) is 0.621. The van der Waals surface area contributed by atoms with Gasteiger partial charge in [0.25, 0.3) is 0 Å². The lowest BCUT2D eigenvalue weighted by Gasteiger charge is -2.18. The van der Waals surface area contributed by atoms with Crippen LogP contribution in [0.15, 0.2) is 42.6 Å². The summed E-state index contributed by atoms with van der Waals surface area (Å²) in [6.07, 6.45) is 2.73. The molecule has 4 heteroatoms. The van der Waals surface area contributed by atoms with E-state index >= 15 is 0 Å². The van der Waals surface area contributed by atoms with Crippen LogP contribution in [0.25, 0.3) is 0 Å². The van der Waals surface area contributed by atoms with Crippen molar-refractivity contribution < 1.29 is 0 Å². The minimum atomic E-state index is 0.0751. The first-order valence-corrected chi connectivity index (χ1v) is 5.91. The van der Waals surface area contributed by atoms with E-state index in [9.17, 15) is 0 Å². The van der Waals surface area contributed by atoms with Gasteiger partial charge in [-0.2, -0.15) is 0 Å². The summed E-state index contributed by atoms with van der Waals surface area (Å²) in [5, 5.41) is 7.48. The zero-order valence-corrected chi connectivity index (χ0v) is 9.93. The number of benzene rings is 1. The first-order chi connectivity index (χ1) is 8.75. The summed E-state index contributed by atoms with van der Waals surface area (Å²) >= 11 is 0. The lowest BCUT2D eigenvalue weighted by molar-refractivity contribution is 0.973. The smallest absolute Gasteiger partial charge is 0.133 e. The molecule has 2 aromatic rings. The van der Waals surface area contributed by atoms with Crippen LogP contribution in [0.3, 0.4) is 0 Å². The third kappa shape index (κ3) is 1.72. The molecule has 18 heavy (non-hydrogen) atoms. The van der Waals surface area contributed by atoms with Crippen molar-refractivity contribution in [2.24, 2.45) is 5.73 Å². The molecule has 3 N–H and O–H groups in total. The van der Waals surface area contributed by atoms with E-state index in [0.717, 1.165) is 18.8 Å². The first kappa shape index (κ1) is 10.8. The number of aromatic nitrogens is 1. The molecule has 3 rings (SSSR count). The number of para-hydroxylation sites is 1. The van der Waals surface area contributed by atoms with Gasteiger partial charge in [0.15, 0.2) is 0 Å². The number of hydrogen-bond acceptors (Lipinski definition) is 3. The van der Waals surface area contributed by atoms with E-state index in [-0.39, 0.29) is 5.84 Å². The van der Waals surface area contributed by atoms with E-state index < -0.39 is 0 Å². The van der Waals surface area contributed by atoms with Crippen molar-refractivity contribution in [3.63, 3.8) is 0 Å². The van der Waals surface area contributed by atoms with Crippen LogP contribution >= 0.6 is 0 Å². The fourth-order valence-electron chi connectivity index (χ4n) is 2.31. The highest BCUT2D eigenvalue weighted by Gasteiger charge is 2.20. The van der Waals surface area contributed by atoms with E-state index in [1.165, 1.54) is 11.3 Å². The number of nitrogen functional groups attached to an aromatic ring is 1. The van der Waals surface area contributed by atoms with Crippen molar-refractivity contribution >= 4 is 17.3 Å². The Labute approximate surface area is 106 Å². The van der Waals surface area contributed by atoms with Gasteiger partial charge in [0.05, 0.1) is 0 Å². The molecule has 1 aliphatic rings. The SMILES string of the molecule is N=C(N)c1ccnc(N2CCc3ccccc32)c1. The predicted molar refractivity (Wildman–Crippen MR) is 72.4 cm³/mol. The molecule has 90 valence electrons. The van der Waals surface area contributed by atoms with Gasteiger partial charge in [-0.05, 0) is 30.2 Å². The maximum atomic E-state index is 7.48. The number of fused-ring (bicyclic) bond motifs is 1. The highest BCUT2D eigenvalue weighted by Crippen LogP contribution is 2.33. The van der Waals surface area contributed by atoms with E-state index in [1.54, 1.807) is 12.3 Å². The number of nitrogens with zero attached hydrogens (tertiary/aromatic N) is 2. The Morgan fingerprint density at radius 2 is 2.11 bits per heavy atom. The molecule has 0 atom stereocenters. The van der Waals surface area contributed by atoms with E-state index in [4.69, 9.17) is 11.1 Å². The van der Waals surface area contributed by atoms with Gasteiger partial charge in [0.2, 0.25) is 0 Å². The number of amidine groups is 1. The summed E-state index contributed by atoms with van der Waals surface area (Å²) < 4.78 is 0. The van der Waals surface area contributed by atoms with Crippen molar-refractivity contribution in [1.29, 1.82) is 5.41 Å². The van der Waals surface area contributed by atoms with Crippen LogP contribution in [0.4, 0.5) is 11.5 Å². The van der Waals surface area contributed by atoms with Gasteiger partial charge in [-0.25, -0.2) is 4.98 Å². The van der Waals surface area contributed by atoms with E-state index in [2.05, 4.69) is 28.1 Å². The molecule has 0 saturated carbocycles. The van der Waals surface area contributed by atoms with Crippen LogP contribution in [0, 0.1) is 5.41 Å². The standard InChI is InChI=1S/C14H14N4/c15-14(16)11-5-7-17-13(9-11)18-8-6-10-3-1-2-4-12(10)18/h1-5,7,9H,6,8H2,(H3,15,16). The zero-order chi connectivity index (χ0) is 12.5. The molecule has 2 heterocycles. The molecular weight excluding hydrogens is 224 g/mol. The van der Waals surface area contributed by atoms with Crippen LogP contribution in [-0.2, 0) is 6.42 Å². The molecule has 1 aliphatic heterocycles. The van der Waals surface area contributed by atoms with Crippen molar-refractivity contribution in [2.45, 2.75) is 6.42 Å². The summed E-state index contributed by atoms with van der Waals surface area (Å²) in [4.78, 5) is 6.54. The van der Waals surface area contributed by atoms with Crippen LogP contribution < -0.4 is 10.6 Å². The minimum absolute atomic E-state index is 0.0751. The van der Waals surface area contributed by atoms with Gasteiger partial charge in [0.1, 0.15) is 11.7 Å². The summed E-state index contributed by atoms with van der Waals surface area (Å²) in [5.41, 5.74) is 8.77. The molecular formula is C14H14N4. The Kier molecular flexibility index (Phi) is 2.48. The second-order valence-corrected chi connectivity index (χ2v) is 4.35. The second kappa shape index (κ2) is 4.14. The molecule has 0 saturated heterocycles. The van der Waals surface area contributed by atoms with Crippen LogP contribution in [0.1, 0.15) is 11.1 Å². The van der Waals surface area contributed by atoms with Gasteiger partial charge in [-0.1, -0.05) is 18.2 Å². The zero-order valence-electron chi connectivity index (χ0n) is 9.93. The first-order valence-electron chi connectivity index (χ1n) is 5.91. The highest BCUT2D eigenvalue weighted by atomic mass is 15.2. The number of hydrogen-bond donors (Lipinski definition) is 2. The van der Waals surface area contributed by atoms with Crippen molar-refractivity contribution in [2.75, 3.05) is 11.4 Å². The minimum Gasteiger partial charge on any atom is -0.384 e. The van der Waals surface area contributed by atoms with Crippen LogP contribution in [-0.4, -0.2) is 17.4 Å². The predicted octanol–water partition coefficient (Wildman–Crippen LogP) is 2.06.